The van der Waals surface area contributed by atoms with Crippen molar-refractivity contribution in [1.82, 2.24) is 9.88 Å². The zero-order chi connectivity index (χ0) is 22.0. The molecule has 0 atom stereocenters. The number of nitrogens with one attached hydrogen (secondary N) is 1. The Morgan fingerprint density at radius 3 is 2.42 bits per heavy atom. The average molecular weight is 415 g/mol. The van der Waals surface area contributed by atoms with Crippen LogP contribution in [0.15, 0.2) is 48.5 Å². The van der Waals surface area contributed by atoms with Crippen molar-refractivity contribution in [2.24, 2.45) is 0 Å². The highest BCUT2D eigenvalue weighted by atomic mass is 16.6. The summed E-state index contributed by atoms with van der Waals surface area (Å²) in [4.78, 5) is 40.8. The number of nitrogens with zero attached hydrogens (tertiary/aromatic N) is 4. The van der Waals surface area contributed by atoms with E-state index in [4.69, 9.17) is 0 Å². The van der Waals surface area contributed by atoms with Crippen LogP contribution in [0, 0.1) is 21.4 Å². The summed E-state index contributed by atoms with van der Waals surface area (Å²) in [6.07, 6.45) is 1.29. The zero-order valence-electron chi connectivity index (χ0n) is 16.4. The number of amides is 2. The van der Waals surface area contributed by atoms with Crippen LogP contribution in [0.5, 0.6) is 0 Å². The molecule has 3 aromatic rings. The topological polar surface area (TPSA) is 129 Å². The van der Waals surface area contributed by atoms with Gasteiger partial charge in [-0.1, -0.05) is 12.1 Å². The van der Waals surface area contributed by atoms with Gasteiger partial charge in [-0.05, 0) is 37.1 Å². The number of imide groups is 1. The molecule has 0 fully saturated rings. The molecule has 4 rings (SSSR count). The first-order valence-corrected chi connectivity index (χ1v) is 9.68. The number of hydrogen-bond acceptors (Lipinski definition) is 7. The third-order valence-corrected chi connectivity index (χ3v) is 5.12. The van der Waals surface area contributed by atoms with Gasteiger partial charge < -0.3 is 5.32 Å². The van der Waals surface area contributed by atoms with Gasteiger partial charge in [-0.2, -0.15) is 5.26 Å². The first-order chi connectivity index (χ1) is 15.0. The van der Waals surface area contributed by atoms with Crippen LogP contribution < -0.4 is 5.32 Å². The van der Waals surface area contributed by atoms with Crippen LogP contribution in [0.4, 0.5) is 11.5 Å². The van der Waals surface area contributed by atoms with Gasteiger partial charge in [-0.25, -0.2) is 4.98 Å². The van der Waals surface area contributed by atoms with E-state index in [0.717, 1.165) is 0 Å². The fourth-order valence-corrected chi connectivity index (χ4v) is 3.56. The number of carbonyl (C=O) groups is 2. The molecule has 9 heteroatoms. The van der Waals surface area contributed by atoms with Crippen molar-refractivity contribution in [3.05, 3.63) is 75.3 Å². The van der Waals surface area contributed by atoms with Crippen molar-refractivity contribution >= 4 is 34.2 Å². The van der Waals surface area contributed by atoms with Crippen molar-refractivity contribution in [2.45, 2.75) is 12.8 Å². The third-order valence-electron chi connectivity index (χ3n) is 5.12. The molecule has 0 aliphatic carbocycles. The number of pyridine rings is 1. The maximum Gasteiger partial charge on any atom is 0.270 e. The number of fused-ring (bicyclic) bond motifs is 2. The molecule has 2 amide bonds. The fourth-order valence-electron chi connectivity index (χ4n) is 3.56. The van der Waals surface area contributed by atoms with E-state index in [-0.39, 0.29) is 17.5 Å². The lowest BCUT2D eigenvalue weighted by Gasteiger charge is -2.14. The second-order valence-electron chi connectivity index (χ2n) is 7.07. The molecular weight excluding hydrogens is 398 g/mol. The molecule has 2 aromatic carbocycles. The highest BCUT2D eigenvalue weighted by molar-refractivity contribution is 6.21. The number of unbranched alkanes of at least 4 members (excludes halogenated alkanes) is 1. The number of hydrogen-bond donors (Lipinski definition) is 1. The Hall–Kier alpha value is -4.32. The first kappa shape index (κ1) is 20.0. The number of nitriles is 1. The van der Waals surface area contributed by atoms with E-state index < -0.39 is 4.92 Å². The van der Waals surface area contributed by atoms with Crippen LogP contribution in [-0.4, -0.2) is 39.7 Å². The van der Waals surface area contributed by atoms with Gasteiger partial charge in [0.2, 0.25) is 0 Å². The fraction of sp³-hybridized carbons (Fsp3) is 0.182. The Morgan fingerprint density at radius 2 is 1.77 bits per heavy atom. The summed E-state index contributed by atoms with van der Waals surface area (Å²) in [7, 11) is 0. The summed E-state index contributed by atoms with van der Waals surface area (Å²) in [5.41, 5.74) is 1.56. The quantitative estimate of drug-likeness (QED) is 0.270. The summed E-state index contributed by atoms with van der Waals surface area (Å²) in [6.45, 7) is 0.853. The minimum absolute atomic E-state index is 0.0975. The first-order valence-electron chi connectivity index (χ1n) is 9.68. The van der Waals surface area contributed by atoms with E-state index in [9.17, 15) is 25.0 Å². The smallest absolute Gasteiger partial charge is 0.270 e. The summed E-state index contributed by atoms with van der Waals surface area (Å²) >= 11 is 0. The predicted octanol–water partition coefficient (Wildman–Crippen LogP) is 3.50. The molecule has 0 unspecified atom stereocenters. The zero-order valence-corrected chi connectivity index (χ0v) is 16.4. The lowest BCUT2D eigenvalue weighted by atomic mass is 10.1. The van der Waals surface area contributed by atoms with Gasteiger partial charge in [0, 0.05) is 30.6 Å². The van der Waals surface area contributed by atoms with Crippen molar-refractivity contribution in [3.63, 3.8) is 0 Å². The van der Waals surface area contributed by atoms with Gasteiger partial charge >= 0.3 is 0 Å². The maximum absolute atomic E-state index is 12.4. The molecule has 1 aliphatic rings. The standard InChI is InChI=1S/C22H17N5O4/c23-13-14-11-20(25-19-8-7-15(27(30)31)12-18(14)19)24-9-3-4-10-26-21(28)16-5-1-2-6-17(16)22(26)29/h1-2,5-8,11-12H,3-4,9-10H2,(H,24,25). The van der Waals surface area contributed by atoms with E-state index in [1.165, 1.54) is 23.1 Å². The Bertz CT molecular complexity index is 1230. The highest BCUT2D eigenvalue weighted by Gasteiger charge is 2.34. The molecule has 0 bridgehead atoms. The van der Waals surface area contributed by atoms with Crippen LogP contribution in [0.2, 0.25) is 0 Å². The Balaban J connectivity index is 1.36. The largest absolute Gasteiger partial charge is 0.370 e. The molecule has 2 heterocycles. The minimum atomic E-state index is -0.513. The van der Waals surface area contributed by atoms with Crippen LogP contribution in [0.25, 0.3) is 10.9 Å². The molecule has 0 saturated heterocycles. The van der Waals surface area contributed by atoms with Crippen LogP contribution in [0.1, 0.15) is 39.1 Å². The number of anilines is 1. The van der Waals surface area contributed by atoms with Gasteiger partial charge in [-0.15, -0.1) is 0 Å². The second-order valence-corrected chi connectivity index (χ2v) is 7.07. The Kier molecular flexibility index (Phi) is 5.28. The van der Waals surface area contributed by atoms with Gasteiger partial charge in [0.25, 0.3) is 17.5 Å². The normalized spacial score (nSPS) is 12.7. The van der Waals surface area contributed by atoms with Gasteiger partial charge in [0.1, 0.15) is 5.82 Å². The predicted molar refractivity (Wildman–Crippen MR) is 113 cm³/mol. The monoisotopic (exact) mass is 415 g/mol. The summed E-state index contributed by atoms with van der Waals surface area (Å²) in [6, 6.07) is 14.6. The molecule has 9 nitrogen and oxygen atoms in total. The molecular formula is C22H17N5O4. The number of nitro groups is 1. The van der Waals surface area contributed by atoms with Crippen LogP contribution >= 0.6 is 0 Å². The average Bonchev–Trinajstić information content (AvgIpc) is 3.02. The summed E-state index contributed by atoms with van der Waals surface area (Å²) in [5, 5.41) is 23.9. The van der Waals surface area contributed by atoms with Crippen LogP contribution in [-0.2, 0) is 0 Å². The molecule has 154 valence electrons. The van der Waals surface area contributed by atoms with E-state index >= 15 is 0 Å². The Labute approximate surface area is 177 Å². The number of non-ortho nitro benzene ring substituents is 1. The molecule has 0 radical (unpaired) electrons. The van der Waals surface area contributed by atoms with E-state index in [1.807, 2.05) is 6.07 Å². The number of rotatable bonds is 7. The van der Waals surface area contributed by atoms with E-state index in [1.54, 1.807) is 30.3 Å². The molecule has 0 spiro atoms. The van der Waals surface area contributed by atoms with E-state index in [0.29, 0.717) is 59.3 Å². The van der Waals surface area contributed by atoms with Crippen LogP contribution in [0.3, 0.4) is 0 Å². The van der Waals surface area contributed by atoms with Gasteiger partial charge in [0.15, 0.2) is 0 Å². The third kappa shape index (κ3) is 3.79. The number of carbonyl (C=O) groups excluding carboxylic acids is 2. The molecule has 1 aromatic heterocycles. The molecule has 1 aliphatic heterocycles. The number of nitro benzene ring substituents is 1. The Morgan fingerprint density at radius 1 is 1.06 bits per heavy atom. The molecule has 1 N–H and O–H groups in total. The van der Waals surface area contributed by atoms with Crippen molar-refractivity contribution < 1.29 is 14.5 Å². The molecule has 0 saturated carbocycles. The number of aromatic nitrogens is 1. The lowest BCUT2D eigenvalue weighted by Crippen LogP contribution is -2.30. The van der Waals surface area contributed by atoms with Gasteiger partial charge in [0.05, 0.1) is 33.2 Å². The van der Waals surface area contributed by atoms with Crippen molar-refractivity contribution in [1.29, 1.82) is 5.26 Å². The number of benzene rings is 2. The summed E-state index contributed by atoms with van der Waals surface area (Å²) < 4.78 is 0. The maximum atomic E-state index is 12.4. The van der Waals surface area contributed by atoms with Crippen molar-refractivity contribution in [3.8, 4) is 6.07 Å². The summed E-state index contributed by atoms with van der Waals surface area (Å²) in [5.74, 6) is -0.0475. The van der Waals surface area contributed by atoms with E-state index in [2.05, 4.69) is 10.3 Å². The highest BCUT2D eigenvalue weighted by Crippen LogP contribution is 2.25. The minimum Gasteiger partial charge on any atom is -0.370 e. The van der Waals surface area contributed by atoms with Gasteiger partial charge in [-0.3, -0.25) is 24.6 Å². The molecule has 31 heavy (non-hydrogen) atoms. The SMILES string of the molecule is N#Cc1cc(NCCCCN2C(=O)c3ccccc3C2=O)nc2ccc([N+](=O)[O-])cc12. The second kappa shape index (κ2) is 8.20. The lowest BCUT2D eigenvalue weighted by molar-refractivity contribution is -0.384. The van der Waals surface area contributed by atoms with Crippen molar-refractivity contribution in [2.75, 3.05) is 18.4 Å².